The Hall–Kier alpha value is -1.35. The van der Waals surface area contributed by atoms with Crippen molar-refractivity contribution >= 4 is 10.9 Å². The summed E-state index contributed by atoms with van der Waals surface area (Å²) in [6, 6.07) is 4.17. The molecule has 1 atom stereocenters. The van der Waals surface area contributed by atoms with Crippen molar-refractivity contribution in [1.82, 2.24) is 15.3 Å². The molecule has 0 bridgehead atoms. The van der Waals surface area contributed by atoms with Crippen molar-refractivity contribution in [2.24, 2.45) is 0 Å². The fourth-order valence-corrected chi connectivity index (χ4v) is 2.42. The lowest BCUT2D eigenvalue weighted by atomic mass is 9.94. The molecule has 3 heteroatoms. The Morgan fingerprint density at radius 1 is 1.33 bits per heavy atom. The van der Waals surface area contributed by atoms with Gasteiger partial charge in [0.05, 0.1) is 5.69 Å². The maximum Gasteiger partial charge on any atom is 0.0540 e. The summed E-state index contributed by atoms with van der Waals surface area (Å²) in [5.41, 5.74) is 2.45. The molecule has 0 aromatic carbocycles. The van der Waals surface area contributed by atoms with E-state index in [1.165, 1.54) is 29.4 Å². The van der Waals surface area contributed by atoms with Gasteiger partial charge in [-0.1, -0.05) is 0 Å². The van der Waals surface area contributed by atoms with Gasteiger partial charge in [0, 0.05) is 35.8 Å². The van der Waals surface area contributed by atoms with Crippen LogP contribution in [0.25, 0.3) is 10.9 Å². The summed E-state index contributed by atoms with van der Waals surface area (Å²) in [7, 11) is 0. The normalized spacial score (nSPS) is 22.0. The molecule has 78 valence electrons. The molecule has 2 aromatic rings. The first-order valence-corrected chi connectivity index (χ1v) is 5.58. The van der Waals surface area contributed by atoms with Crippen LogP contribution in [0.1, 0.15) is 24.5 Å². The summed E-state index contributed by atoms with van der Waals surface area (Å²) in [5.74, 6) is 0.582. The van der Waals surface area contributed by atoms with E-state index in [9.17, 15) is 0 Å². The summed E-state index contributed by atoms with van der Waals surface area (Å²) < 4.78 is 0. The monoisotopic (exact) mass is 201 g/mol. The first-order chi connectivity index (χ1) is 7.45. The van der Waals surface area contributed by atoms with E-state index in [1.807, 2.05) is 18.5 Å². The molecule has 1 aliphatic heterocycles. The minimum atomic E-state index is 0.582. The first-order valence-electron chi connectivity index (χ1n) is 5.58. The zero-order valence-corrected chi connectivity index (χ0v) is 8.66. The van der Waals surface area contributed by atoms with Crippen molar-refractivity contribution in [3.63, 3.8) is 0 Å². The molecule has 1 saturated heterocycles. The molecular weight excluding hydrogens is 186 g/mol. The number of piperidine rings is 1. The Balaban J connectivity index is 2.05. The minimum absolute atomic E-state index is 0.582. The molecule has 0 amide bonds. The number of aromatic amines is 1. The van der Waals surface area contributed by atoms with E-state index in [0.717, 1.165) is 13.1 Å². The van der Waals surface area contributed by atoms with Crippen LogP contribution in [0.3, 0.4) is 0 Å². The second-order valence-corrected chi connectivity index (χ2v) is 4.18. The molecule has 1 aliphatic rings. The van der Waals surface area contributed by atoms with Gasteiger partial charge >= 0.3 is 0 Å². The smallest absolute Gasteiger partial charge is 0.0540 e. The highest BCUT2D eigenvalue weighted by molar-refractivity contribution is 5.81. The van der Waals surface area contributed by atoms with Crippen LogP contribution in [-0.2, 0) is 0 Å². The van der Waals surface area contributed by atoms with Crippen molar-refractivity contribution in [2.45, 2.75) is 18.8 Å². The summed E-state index contributed by atoms with van der Waals surface area (Å²) >= 11 is 0. The Bertz CT molecular complexity index is 455. The molecule has 3 heterocycles. The molecule has 0 unspecified atom stereocenters. The largest absolute Gasteiger partial charge is 0.361 e. The highest BCUT2D eigenvalue weighted by Crippen LogP contribution is 2.27. The van der Waals surface area contributed by atoms with Crippen molar-refractivity contribution in [2.75, 3.05) is 13.1 Å². The number of pyridine rings is 1. The predicted octanol–water partition coefficient (Wildman–Crippen LogP) is 2.03. The van der Waals surface area contributed by atoms with E-state index < -0.39 is 0 Å². The van der Waals surface area contributed by atoms with E-state index >= 15 is 0 Å². The average molecular weight is 201 g/mol. The minimum Gasteiger partial charge on any atom is -0.361 e. The molecule has 3 nitrogen and oxygen atoms in total. The predicted molar refractivity (Wildman–Crippen MR) is 60.9 cm³/mol. The Morgan fingerprint density at radius 2 is 2.33 bits per heavy atom. The second-order valence-electron chi connectivity index (χ2n) is 4.18. The lowest BCUT2D eigenvalue weighted by Crippen LogP contribution is -2.28. The van der Waals surface area contributed by atoms with Crippen LogP contribution in [-0.4, -0.2) is 23.1 Å². The second kappa shape index (κ2) is 3.66. The lowest BCUT2D eigenvalue weighted by Gasteiger charge is -2.22. The molecule has 15 heavy (non-hydrogen) atoms. The van der Waals surface area contributed by atoms with Gasteiger partial charge in [0.1, 0.15) is 0 Å². The first kappa shape index (κ1) is 8.92. The van der Waals surface area contributed by atoms with Gasteiger partial charge in [0.15, 0.2) is 0 Å². The molecule has 2 N–H and O–H groups in total. The zero-order chi connectivity index (χ0) is 10.1. The Kier molecular flexibility index (Phi) is 2.18. The summed E-state index contributed by atoms with van der Waals surface area (Å²) in [6.45, 7) is 2.22. The van der Waals surface area contributed by atoms with Gasteiger partial charge in [-0.3, -0.25) is 4.98 Å². The van der Waals surface area contributed by atoms with Gasteiger partial charge < -0.3 is 10.3 Å². The molecule has 1 fully saturated rings. The van der Waals surface area contributed by atoms with E-state index in [0.29, 0.717) is 5.92 Å². The van der Waals surface area contributed by atoms with Gasteiger partial charge in [-0.05, 0) is 31.5 Å². The molecule has 0 saturated carbocycles. The van der Waals surface area contributed by atoms with Crippen LogP contribution in [0.5, 0.6) is 0 Å². The third-order valence-electron chi connectivity index (χ3n) is 3.19. The summed E-state index contributed by atoms with van der Waals surface area (Å²) in [6.07, 6.45) is 6.41. The van der Waals surface area contributed by atoms with E-state index in [-0.39, 0.29) is 0 Å². The number of aromatic nitrogens is 2. The van der Waals surface area contributed by atoms with Gasteiger partial charge in [-0.2, -0.15) is 0 Å². The van der Waals surface area contributed by atoms with E-state index in [4.69, 9.17) is 0 Å². The molecule has 2 aromatic heterocycles. The fraction of sp³-hybridized carbons (Fsp3) is 0.417. The van der Waals surface area contributed by atoms with Crippen molar-refractivity contribution in [1.29, 1.82) is 0 Å². The number of fused-ring (bicyclic) bond motifs is 1. The van der Waals surface area contributed by atoms with E-state index in [2.05, 4.69) is 21.4 Å². The zero-order valence-electron chi connectivity index (χ0n) is 8.66. The maximum absolute atomic E-state index is 4.54. The number of rotatable bonds is 1. The Labute approximate surface area is 88.9 Å². The number of hydrogen-bond donors (Lipinski definition) is 2. The van der Waals surface area contributed by atoms with Gasteiger partial charge in [0.25, 0.3) is 0 Å². The van der Waals surface area contributed by atoms with Crippen molar-refractivity contribution < 1.29 is 0 Å². The van der Waals surface area contributed by atoms with Crippen LogP contribution in [0.15, 0.2) is 24.5 Å². The topological polar surface area (TPSA) is 40.7 Å². The van der Waals surface area contributed by atoms with Gasteiger partial charge in [-0.15, -0.1) is 0 Å². The van der Waals surface area contributed by atoms with Gasteiger partial charge in [-0.25, -0.2) is 0 Å². The van der Waals surface area contributed by atoms with Crippen LogP contribution in [0, 0.1) is 0 Å². The van der Waals surface area contributed by atoms with Crippen molar-refractivity contribution in [3.05, 3.63) is 30.2 Å². The number of hydrogen-bond acceptors (Lipinski definition) is 2. The Morgan fingerprint density at radius 3 is 3.20 bits per heavy atom. The summed E-state index contributed by atoms with van der Waals surface area (Å²) in [5, 5.41) is 4.72. The SMILES string of the molecule is c1cc2[nH]ccc2c([C@H]2CCCNC2)n1. The number of nitrogens with one attached hydrogen (secondary N) is 2. The lowest BCUT2D eigenvalue weighted by molar-refractivity contribution is 0.457. The van der Waals surface area contributed by atoms with Crippen molar-refractivity contribution in [3.8, 4) is 0 Å². The highest BCUT2D eigenvalue weighted by Gasteiger charge is 2.18. The third-order valence-corrected chi connectivity index (χ3v) is 3.19. The standard InChI is InChI=1S/C12H15N3/c1-2-9(8-13-5-1)12-10-3-6-14-11(10)4-7-15-12/h3-4,6-7,9,13-14H,1-2,5,8H2/t9-/m0/s1. The molecule has 3 rings (SSSR count). The number of nitrogens with zero attached hydrogens (tertiary/aromatic N) is 1. The van der Waals surface area contributed by atoms with Crippen LogP contribution in [0.2, 0.25) is 0 Å². The third kappa shape index (κ3) is 1.53. The van der Waals surface area contributed by atoms with Gasteiger partial charge in [0.2, 0.25) is 0 Å². The van der Waals surface area contributed by atoms with Crippen LogP contribution >= 0.6 is 0 Å². The quantitative estimate of drug-likeness (QED) is 0.741. The molecule has 0 spiro atoms. The number of H-pyrrole nitrogens is 1. The fourth-order valence-electron chi connectivity index (χ4n) is 2.42. The van der Waals surface area contributed by atoms with E-state index in [1.54, 1.807) is 0 Å². The summed E-state index contributed by atoms with van der Waals surface area (Å²) in [4.78, 5) is 7.78. The van der Waals surface area contributed by atoms with Crippen LogP contribution < -0.4 is 5.32 Å². The highest BCUT2D eigenvalue weighted by atomic mass is 14.9. The molecule has 0 aliphatic carbocycles. The molecular formula is C12H15N3. The average Bonchev–Trinajstić information content (AvgIpc) is 2.78. The maximum atomic E-state index is 4.54. The molecule has 0 radical (unpaired) electrons. The van der Waals surface area contributed by atoms with Crippen LogP contribution in [0.4, 0.5) is 0 Å².